The van der Waals surface area contributed by atoms with Crippen LogP contribution in [0.15, 0.2) is 72.9 Å². The molecule has 3 heterocycles. The molecule has 2 aliphatic rings. The third-order valence-electron chi connectivity index (χ3n) is 8.19. The van der Waals surface area contributed by atoms with E-state index in [1.807, 2.05) is 18.2 Å². The lowest BCUT2D eigenvalue weighted by atomic mass is 9.81. The van der Waals surface area contributed by atoms with Gasteiger partial charge in [-0.25, -0.2) is 9.37 Å². The summed E-state index contributed by atoms with van der Waals surface area (Å²) in [5.41, 5.74) is 6.61. The number of amides is 1. The normalized spacial score (nSPS) is 18.8. The first-order valence-electron chi connectivity index (χ1n) is 14.3. The van der Waals surface area contributed by atoms with Crippen LogP contribution < -0.4 is 15.2 Å². The van der Waals surface area contributed by atoms with Gasteiger partial charge in [-0.3, -0.25) is 14.6 Å². The lowest BCUT2D eigenvalue weighted by Gasteiger charge is -2.26. The summed E-state index contributed by atoms with van der Waals surface area (Å²) in [5, 5.41) is 11.7. The number of fused-ring (bicyclic) bond motifs is 1. The number of nitrogens with zero attached hydrogens (tertiary/aromatic N) is 2. The second-order valence-corrected chi connectivity index (χ2v) is 11.7. The molecular formula is C34H32FN3O5. The lowest BCUT2D eigenvalue weighted by molar-refractivity contribution is -0.123. The van der Waals surface area contributed by atoms with E-state index in [0.29, 0.717) is 39.6 Å². The average molecular weight is 582 g/mol. The largest absolute Gasteiger partial charge is 0.490 e. The van der Waals surface area contributed by atoms with Gasteiger partial charge in [-0.1, -0.05) is 6.07 Å². The fraction of sp³-hybridized carbons (Fsp3) is 0.294. The molecule has 6 rings (SSSR count). The number of hydrogen-bond donors (Lipinski definition) is 2. The Balaban J connectivity index is 1.30. The average Bonchev–Trinajstić information content (AvgIpc) is 3.76. The Hall–Kier alpha value is -4.63. The number of Topliss-reactive ketones (excluding diaryl/α,β-unsaturated/α-hetero) is 1. The van der Waals surface area contributed by atoms with Gasteiger partial charge in [-0.15, -0.1) is 0 Å². The highest BCUT2D eigenvalue weighted by atomic mass is 19.1. The molecule has 0 unspecified atom stereocenters. The Morgan fingerprint density at radius 1 is 1.14 bits per heavy atom. The number of benzene rings is 2. The van der Waals surface area contributed by atoms with Gasteiger partial charge in [0.2, 0.25) is 5.91 Å². The Bertz CT molecular complexity index is 1700. The van der Waals surface area contributed by atoms with Crippen molar-refractivity contribution in [2.24, 2.45) is 5.73 Å². The first kappa shape index (κ1) is 28.5. The van der Waals surface area contributed by atoms with Gasteiger partial charge >= 0.3 is 0 Å². The smallest absolute Gasteiger partial charge is 0.231 e. The van der Waals surface area contributed by atoms with Gasteiger partial charge < -0.3 is 20.3 Å². The quantitative estimate of drug-likeness (QED) is 0.237. The third kappa shape index (κ3) is 5.60. The van der Waals surface area contributed by atoms with Crippen molar-refractivity contribution in [1.29, 1.82) is 0 Å². The molecule has 9 heteroatoms. The van der Waals surface area contributed by atoms with Crippen LogP contribution in [-0.4, -0.2) is 39.5 Å². The molecule has 4 aromatic rings. The molecule has 1 aliphatic heterocycles. The predicted molar refractivity (Wildman–Crippen MR) is 158 cm³/mol. The van der Waals surface area contributed by atoms with Crippen molar-refractivity contribution in [3.63, 3.8) is 0 Å². The summed E-state index contributed by atoms with van der Waals surface area (Å²) in [6, 6.07) is 18.2. The summed E-state index contributed by atoms with van der Waals surface area (Å²) in [6.45, 7) is 3.26. The summed E-state index contributed by atoms with van der Waals surface area (Å²) < 4.78 is 25.7. The molecule has 2 aromatic carbocycles. The number of hydrogen-bond acceptors (Lipinski definition) is 7. The lowest BCUT2D eigenvalue weighted by Crippen LogP contribution is -2.40. The van der Waals surface area contributed by atoms with Gasteiger partial charge in [0.05, 0.1) is 17.5 Å². The standard InChI is InChI=1S/C34H32FN3O5/c1-33(32(36)40)19-42-31-25(33)18-29(38-30(31)20-6-9-22(35)10-7-20)34(2,41)15-14-27(39)21-8-13-28(43-23-11-12-23)24(17-21)26-5-3-4-16-37-26/h3-10,13,16-18,23,41H,11-12,14-15,19H2,1-2H3,(H2,36,40)/t33-,34-/m0/s1. The van der Waals surface area contributed by atoms with Crippen LogP contribution in [-0.2, 0) is 15.8 Å². The number of ether oxygens (including phenoxy) is 2. The fourth-order valence-electron chi connectivity index (χ4n) is 5.19. The van der Waals surface area contributed by atoms with E-state index in [9.17, 15) is 19.1 Å². The van der Waals surface area contributed by atoms with E-state index >= 15 is 0 Å². The maximum atomic E-state index is 13.7. The highest BCUT2D eigenvalue weighted by Crippen LogP contribution is 2.46. The summed E-state index contributed by atoms with van der Waals surface area (Å²) >= 11 is 0. The van der Waals surface area contributed by atoms with E-state index in [1.54, 1.807) is 56.4 Å². The molecule has 3 N–H and O–H groups in total. The van der Waals surface area contributed by atoms with E-state index in [2.05, 4.69) is 4.98 Å². The molecule has 0 radical (unpaired) electrons. The summed E-state index contributed by atoms with van der Waals surface area (Å²) in [7, 11) is 0. The molecular weight excluding hydrogens is 549 g/mol. The zero-order chi connectivity index (χ0) is 30.4. The number of primary amides is 1. The number of aliphatic hydroxyl groups is 1. The Morgan fingerprint density at radius 2 is 1.91 bits per heavy atom. The molecule has 1 aliphatic carbocycles. The van der Waals surface area contributed by atoms with Crippen LogP contribution in [0.25, 0.3) is 22.5 Å². The first-order valence-corrected chi connectivity index (χ1v) is 14.3. The highest BCUT2D eigenvalue weighted by Gasteiger charge is 2.45. The Labute approximate surface area is 248 Å². The Kier molecular flexibility index (Phi) is 7.22. The summed E-state index contributed by atoms with van der Waals surface area (Å²) in [5.74, 6) is -0.121. The van der Waals surface area contributed by atoms with E-state index in [1.165, 1.54) is 12.1 Å². The molecule has 1 amide bonds. The monoisotopic (exact) mass is 581 g/mol. The van der Waals surface area contributed by atoms with E-state index in [-0.39, 0.29) is 37.0 Å². The van der Waals surface area contributed by atoms with E-state index in [4.69, 9.17) is 20.2 Å². The minimum Gasteiger partial charge on any atom is -0.490 e. The number of rotatable bonds is 10. The molecule has 1 fully saturated rings. The van der Waals surface area contributed by atoms with Crippen molar-refractivity contribution >= 4 is 11.7 Å². The second kappa shape index (κ2) is 10.9. The number of carbonyl (C=O) groups excluding carboxylic acids is 2. The molecule has 0 saturated heterocycles. The topological polar surface area (TPSA) is 125 Å². The number of halogens is 1. The zero-order valence-corrected chi connectivity index (χ0v) is 24.0. The molecule has 0 spiro atoms. The van der Waals surface area contributed by atoms with Crippen molar-refractivity contribution in [3.05, 3.63) is 95.6 Å². The molecule has 8 nitrogen and oxygen atoms in total. The maximum Gasteiger partial charge on any atom is 0.231 e. The summed E-state index contributed by atoms with van der Waals surface area (Å²) in [4.78, 5) is 35.1. The SMILES string of the molecule is C[C@](O)(CCC(=O)c1ccc(OC2CC2)c(-c2ccccn2)c1)c1cc2c(c(-c3ccc(F)cc3)n1)OC[C@]2(C)C(N)=O. The van der Waals surface area contributed by atoms with Gasteiger partial charge in [0, 0.05) is 34.9 Å². The molecule has 220 valence electrons. The van der Waals surface area contributed by atoms with Crippen LogP contribution >= 0.6 is 0 Å². The van der Waals surface area contributed by atoms with Crippen LogP contribution in [0.3, 0.4) is 0 Å². The van der Waals surface area contributed by atoms with Crippen LogP contribution in [0.5, 0.6) is 11.5 Å². The number of pyridine rings is 2. The van der Waals surface area contributed by atoms with Crippen LogP contribution in [0, 0.1) is 5.82 Å². The third-order valence-corrected chi connectivity index (χ3v) is 8.19. The van der Waals surface area contributed by atoms with Crippen LogP contribution in [0.1, 0.15) is 61.1 Å². The van der Waals surface area contributed by atoms with E-state index in [0.717, 1.165) is 18.4 Å². The van der Waals surface area contributed by atoms with Gasteiger partial charge in [0.15, 0.2) is 5.78 Å². The highest BCUT2D eigenvalue weighted by molar-refractivity contribution is 5.97. The van der Waals surface area contributed by atoms with Crippen molar-refractivity contribution < 1.29 is 28.6 Å². The zero-order valence-electron chi connectivity index (χ0n) is 24.0. The van der Waals surface area contributed by atoms with Gasteiger partial charge in [0.25, 0.3) is 0 Å². The molecule has 0 bridgehead atoms. The Morgan fingerprint density at radius 3 is 2.58 bits per heavy atom. The van der Waals surface area contributed by atoms with Crippen molar-refractivity contribution in [2.45, 2.75) is 56.7 Å². The van der Waals surface area contributed by atoms with Crippen molar-refractivity contribution in [2.75, 3.05) is 6.61 Å². The van der Waals surface area contributed by atoms with Crippen LogP contribution in [0.2, 0.25) is 0 Å². The second-order valence-electron chi connectivity index (χ2n) is 11.7. The van der Waals surface area contributed by atoms with Crippen LogP contribution in [0.4, 0.5) is 4.39 Å². The van der Waals surface area contributed by atoms with Gasteiger partial charge in [-0.2, -0.15) is 0 Å². The van der Waals surface area contributed by atoms with Crippen molar-refractivity contribution in [1.82, 2.24) is 9.97 Å². The maximum absolute atomic E-state index is 13.7. The minimum absolute atomic E-state index is 0.0106. The summed E-state index contributed by atoms with van der Waals surface area (Å²) in [6.07, 6.45) is 3.95. The molecule has 43 heavy (non-hydrogen) atoms. The number of aromatic nitrogens is 2. The fourth-order valence-corrected chi connectivity index (χ4v) is 5.19. The molecule has 2 aromatic heterocycles. The van der Waals surface area contributed by atoms with E-state index < -0.39 is 22.7 Å². The minimum atomic E-state index is -1.56. The van der Waals surface area contributed by atoms with Gasteiger partial charge in [-0.05, 0) is 93.8 Å². The molecule has 1 saturated carbocycles. The predicted octanol–water partition coefficient (Wildman–Crippen LogP) is 5.50. The molecule has 2 atom stereocenters. The number of nitrogens with two attached hydrogens (primary N) is 1. The number of carbonyl (C=O) groups is 2. The van der Waals surface area contributed by atoms with Crippen molar-refractivity contribution in [3.8, 4) is 34.0 Å². The van der Waals surface area contributed by atoms with Gasteiger partial charge in [0.1, 0.15) is 40.6 Å². The number of ketones is 1. The first-order chi connectivity index (χ1) is 20.5.